The van der Waals surface area contributed by atoms with Crippen molar-refractivity contribution in [3.05, 3.63) is 25.3 Å². The smallest absolute Gasteiger partial charge is 0.461 e. The van der Waals surface area contributed by atoms with E-state index in [1.54, 1.807) is 0 Å². The Labute approximate surface area is 248 Å². The third-order valence-corrected chi connectivity index (χ3v) is 6.68. The Hall–Kier alpha value is -2.00. The van der Waals surface area contributed by atoms with Gasteiger partial charge in [0.2, 0.25) is 0 Å². The first-order valence-corrected chi connectivity index (χ1v) is 15.5. The molecule has 0 aliphatic carbocycles. The van der Waals surface area contributed by atoms with Crippen LogP contribution < -0.4 is 0 Å². The monoisotopic (exact) mass is 625 g/mol. The standard InChI is InChI=1S/C27H46O14P/c1-3-25(28)35-20-17-32-11-5-8-14-39-42(31,40-15-9-6-12-33-18-21-36-26(29)4-2)41-16-10-7-13-34-19-22-37-27(30)24-23-38-24/h3-4,24,31H,1-2,5-23H2/q+1. The van der Waals surface area contributed by atoms with Crippen LogP contribution in [-0.2, 0) is 61.1 Å². The SMILES string of the molecule is C=CC(=O)OCCOCCCCO[P+](O)(OCCCCOCCOC(=O)C=C)OCCCCOCCOC(=O)C1CO1. The highest BCUT2D eigenvalue weighted by molar-refractivity contribution is 7.55. The van der Waals surface area contributed by atoms with Gasteiger partial charge in [-0.25, -0.2) is 14.4 Å². The minimum absolute atomic E-state index is 0.149. The molecule has 0 saturated carbocycles. The Morgan fingerprint density at radius 2 is 0.976 bits per heavy atom. The van der Waals surface area contributed by atoms with Crippen molar-refractivity contribution in [3.63, 3.8) is 0 Å². The second kappa shape index (κ2) is 25.5. The van der Waals surface area contributed by atoms with Crippen LogP contribution in [0.25, 0.3) is 0 Å². The van der Waals surface area contributed by atoms with Gasteiger partial charge in [0.1, 0.15) is 39.6 Å². The molecule has 0 radical (unpaired) electrons. The molecule has 1 aliphatic heterocycles. The maximum Gasteiger partial charge on any atom is 0.572 e. The average molecular weight is 626 g/mol. The van der Waals surface area contributed by atoms with E-state index in [-0.39, 0.29) is 65.4 Å². The first-order valence-electron chi connectivity index (χ1n) is 14.1. The summed E-state index contributed by atoms with van der Waals surface area (Å²) < 4.78 is 52.5. The highest BCUT2D eigenvalue weighted by Gasteiger charge is 2.44. The van der Waals surface area contributed by atoms with Gasteiger partial charge in [0.25, 0.3) is 0 Å². The lowest BCUT2D eigenvalue weighted by molar-refractivity contribution is -0.146. The second-order valence-electron chi connectivity index (χ2n) is 8.66. The van der Waals surface area contributed by atoms with Crippen LogP contribution in [0.15, 0.2) is 25.3 Å². The van der Waals surface area contributed by atoms with Crippen molar-refractivity contribution in [1.29, 1.82) is 0 Å². The third kappa shape index (κ3) is 22.6. The molecule has 0 amide bonds. The van der Waals surface area contributed by atoms with E-state index < -0.39 is 26.2 Å². The van der Waals surface area contributed by atoms with Crippen LogP contribution in [-0.4, -0.2) is 115 Å². The number of unbranched alkanes of at least 4 members (excludes halogenated alkanes) is 3. The van der Waals surface area contributed by atoms with Gasteiger partial charge in [-0.1, -0.05) is 13.2 Å². The maximum absolute atomic E-state index is 11.4. The Balaban J connectivity index is 2.19. The topological polar surface area (TPSA) is 167 Å². The molecule has 1 rings (SSSR count). The zero-order valence-corrected chi connectivity index (χ0v) is 25.2. The molecule has 242 valence electrons. The Bertz CT molecular complexity index is 723. The van der Waals surface area contributed by atoms with Crippen LogP contribution in [0.3, 0.4) is 0 Å². The molecule has 0 bridgehead atoms. The lowest BCUT2D eigenvalue weighted by atomic mass is 10.3. The molecule has 1 fully saturated rings. The van der Waals surface area contributed by atoms with Crippen molar-refractivity contribution in [3.8, 4) is 0 Å². The molecule has 0 aromatic rings. The molecule has 1 heterocycles. The molecule has 42 heavy (non-hydrogen) atoms. The fraction of sp³-hybridized carbons (Fsp3) is 0.741. The Morgan fingerprint density at radius 1 is 0.619 bits per heavy atom. The van der Waals surface area contributed by atoms with Gasteiger partial charge in [-0.3, -0.25) is 0 Å². The fourth-order valence-corrected chi connectivity index (χ4v) is 4.18. The fourth-order valence-electron chi connectivity index (χ4n) is 2.87. The van der Waals surface area contributed by atoms with Gasteiger partial charge in [0, 0.05) is 32.0 Å². The minimum atomic E-state index is -3.54. The number of epoxide rings is 1. The molecule has 0 spiro atoms. The largest absolute Gasteiger partial charge is 0.572 e. The molecule has 1 unspecified atom stereocenters. The second-order valence-corrected chi connectivity index (χ2v) is 10.4. The zero-order chi connectivity index (χ0) is 30.7. The highest BCUT2D eigenvalue weighted by atomic mass is 31.2. The summed E-state index contributed by atoms with van der Waals surface area (Å²) in [6.45, 7) is 10.3. The van der Waals surface area contributed by atoms with Crippen molar-refractivity contribution in [1.82, 2.24) is 0 Å². The number of carbonyl (C=O) groups excluding carboxylic acids is 3. The number of hydrogen-bond acceptors (Lipinski definition) is 14. The molecule has 1 saturated heterocycles. The first kappa shape index (κ1) is 38.0. The molecule has 1 aliphatic rings. The van der Waals surface area contributed by atoms with Crippen LogP contribution in [0.4, 0.5) is 0 Å². The molecule has 15 heteroatoms. The lowest BCUT2D eigenvalue weighted by Gasteiger charge is -2.15. The zero-order valence-electron chi connectivity index (χ0n) is 24.3. The predicted octanol–water partition coefficient (Wildman–Crippen LogP) is 2.50. The predicted molar refractivity (Wildman–Crippen MR) is 150 cm³/mol. The maximum atomic E-state index is 11.4. The summed E-state index contributed by atoms with van der Waals surface area (Å²) in [6.07, 6.45) is 5.54. The molecule has 1 atom stereocenters. The number of carbonyl (C=O) groups is 3. The van der Waals surface area contributed by atoms with Crippen molar-refractivity contribution in [2.45, 2.75) is 44.6 Å². The van der Waals surface area contributed by atoms with E-state index in [4.69, 9.17) is 46.7 Å². The summed E-state index contributed by atoms with van der Waals surface area (Å²) >= 11 is 0. The van der Waals surface area contributed by atoms with Gasteiger partial charge in [0.15, 0.2) is 6.10 Å². The van der Waals surface area contributed by atoms with E-state index in [0.29, 0.717) is 65.0 Å². The molecule has 0 aromatic carbocycles. The van der Waals surface area contributed by atoms with Gasteiger partial charge in [-0.15, -0.1) is 0 Å². The van der Waals surface area contributed by atoms with E-state index in [0.717, 1.165) is 12.2 Å². The van der Waals surface area contributed by atoms with Crippen LogP contribution in [0.5, 0.6) is 0 Å². The normalized spacial score (nSPS) is 14.3. The van der Waals surface area contributed by atoms with E-state index in [1.165, 1.54) is 0 Å². The summed E-state index contributed by atoms with van der Waals surface area (Å²) in [5.74, 6) is -1.36. The highest BCUT2D eigenvalue weighted by Crippen LogP contribution is 2.58. The van der Waals surface area contributed by atoms with Gasteiger partial charge in [0.05, 0.1) is 26.4 Å². The van der Waals surface area contributed by atoms with Gasteiger partial charge in [-0.2, -0.15) is 18.5 Å². The molecular weight excluding hydrogens is 579 g/mol. The van der Waals surface area contributed by atoms with Crippen molar-refractivity contribution < 1.29 is 66.0 Å². The number of hydrogen-bond donors (Lipinski definition) is 1. The quantitative estimate of drug-likeness (QED) is 0.0309. The van der Waals surface area contributed by atoms with Gasteiger partial charge in [-0.05, 0) is 38.5 Å². The van der Waals surface area contributed by atoms with E-state index in [9.17, 15) is 19.3 Å². The summed E-state index contributed by atoms with van der Waals surface area (Å²) in [5.41, 5.74) is 0. The Kier molecular flexibility index (Phi) is 23.1. The van der Waals surface area contributed by atoms with E-state index in [2.05, 4.69) is 13.2 Å². The average Bonchev–Trinajstić information content (AvgIpc) is 3.84. The molecule has 14 nitrogen and oxygen atoms in total. The summed E-state index contributed by atoms with van der Waals surface area (Å²) in [4.78, 5) is 44.2. The summed E-state index contributed by atoms with van der Waals surface area (Å²) in [6, 6.07) is 0. The van der Waals surface area contributed by atoms with Crippen LogP contribution >= 0.6 is 8.17 Å². The van der Waals surface area contributed by atoms with E-state index in [1.807, 2.05) is 0 Å². The Morgan fingerprint density at radius 3 is 1.33 bits per heavy atom. The summed E-state index contributed by atoms with van der Waals surface area (Å²) in [5, 5.41) is 0. The van der Waals surface area contributed by atoms with Crippen LogP contribution in [0.1, 0.15) is 38.5 Å². The van der Waals surface area contributed by atoms with Crippen LogP contribution in [0.2, 0.25) is 0 Å². The van der Waals surface area contributed by atoms with Gasteiger partial charge < -0.3 is 33.2 Å². The number of esters is 3. The molecular formula is C27H46O14P+. The van der Waals surface area contributed by atoms with E-state index >= 15 is 0 Å². The summed E-state index contributed by atoms with van der Waals surface area (Å²) in [7, 11) is -3.54. The van der Waals surface area contributed by atoms with Crippen molar-refractivity contribution >= 4 is 26.1 Å². The van der Waals surface area contributed by atoms with Crippen molar-refractivity contribution in [2.75, 3.05) is 85.9 Å². The minimum Gasteiger partial charge on any atom is -0.461 e. The van der Waals surface area contributed by atoms with Crippen LogP contribution in [0, 0.1) is 0 Å². The molecule has 1 N–H and O–H groups in total. The number of ether oxygens (including phenoxy) is 7. The number of rotatable bonds is 30. The third-order valence-electron chi connectivity index (χ3n) is 5.16. The van der Waals surface area contributed by atoms with Gasteiger partial charge >= 0.3 is 26.1 Å². The van der Waals surface area contributed by atoms with Crippen molar-refractivity contribution in [2.24, 2.45) is 0 Å². The lowest BCUT2D eigenvalue weighted by Crippen LogP contribution is -2.15. The first-order chi connectivity index (χ1) is 20.4. The molecule has 0 aromatic heterocycles.